The fraction of sp³-hybridized carbons (Fsp3) is 0.333. The van der Waals surface area contributed by atoms with Gasteiger partial charge in [0.15, 0.2) is 5.11 Å². The normalized spacial score (nSPS) is 14.6. The number of hydrogen-bond donors (Lipinski definition) is 2. The van der Waals surface area contributed by atoms with Gasteiger partial charge < -0.3 is 10.1 Å². The lowest BCUT2D eigenvalue weighted by Crippen LogP contribution is -2.35. The number of benzene rings is 2. The van der Waals surface area contributed by atoms with Crippen LogP contribution in [-0.2, 0) is 10.0 Å². The Kier molecular flexibility index (Phi) is 8.04. The van der Waals surface area contributed by atoms with Gasteiger partial charge in [0.2, 0.25) is 10.0 Å². The Bertz CT molecular complexity index is 1050. The molecule has 0 bridgehead atoms. The average molecular weight is 526 g/mol. The smallest absolute Gasteiger partial charge is 0.257 e. The second-order valence-electron chi connectivity index (χ2n) is 6.98. The molecule has 1 aliphatic rings. The molecule has 0 radical (unpaired) electrons. The molecule has 10 heteroatoms. The first-order valence-corrected chi connectivity index (χ1v) is 12.6. The molecule has 0 aliphatic carbocycles. The summed E-state index contributed by atoms with van der Waals surface area (Å²) in [6.45, 7) is 3.52. The number of piperidine rings is 1. The zero-order valence-electron chi connectivity index (χ0n) is 17.1. The van der Waals surface area contributed by atoms with E-state index in [1.165, 1.54) is 4.31 Å². The van der Waals surface area contributed by atoms with Crippen LogP contribution in [0.5, 0.6) is 5.75 Å². The number of ether oxygens (including phenoxy) is 1. The van der Waals surface area contributed by atoms with Gasteiger partial charge in [-0.3, -0.25) is 10.1 Å². The molecule has 1 saturated heterocycles. The number of nitrogens with one attached hydrogen (secondary N) is 2. The second-order valence-corrected chi connectivity index (χ2v) is 10.2. The van der Waals surface area contributed by atoms with Crippen molar-refractivity contribution in [3.63, 3.8) is 0 Å². The predicted molar refractivity (Wildman–Crippen MR) is 128 cm³/mol. The van der Waals surface area contributed by atoms with Gasteiger partial charge in [-0.25, -0.2) is 8.42 Å². The first kappa shape index (κ1) is 23.6. The highest BCUT2D eigenvalue weighted by Crippen LogP contribution is 2.26. The van der Waals surface area contributed by atoms with Crippen LogP contribution >= 0.6 is 28.1 Å². The van der Waals surface area contributed by atoms with Crippen molar-refractivity contribution in [2.45, 2.75) is 31.1 Å². The Hall–Kier alpha value is -2.01. The monoisotopic (exact) mass is 525 g/mol. The van der Waals surface area contributed by atoms with Crippen molar-refractivity contribution in [3.8, 4) is 5.75 Å². The van der Waals surface area contributed by atoms with Crippen molar-refractivity contribution in [1.29, 1.82) is 0 Å². The van der Waals surface area contributed by atoms with Gasteiger partial charge in [-0.1, -0.05) is 6.42 Å². The topological polar surface area (TPSA) is 87.7 Å². The summed E-state index contributed by atoms with van der Waals surface area (Å²) < 4.78 is 33.1. The van der Waals surface area contributed by atoms with E-state index in [9.17, 15) is 13.2 Å². The van der Waals surface area contributed by atoms with Gasteiger partial charge in [0.1, 0.15) is 5.75 Å². The van der Waals surface area contributed by atoms with Crippen molar-refractivity contribution in [2.24, 2.45) is 0 Å². The molecule has 2 aromatic rings. The largest absolute Gasteiger partial charge is 0.493 e. The van der Waals surface area contributed by atoms with Crippen molar-refractivity contribution in [1.82, 2.24) is 9.62 Å². The number of carbonyl (C=O) groups excluding carboxylic acids is 1. The molecule has 0 spiro atoms. The number of hydrogen-bond acceptors (Lipinski definition) is 5. The fourth-order valence-electron chi connectivity index (χ4n) is 3.22. The molecule has 0 unspecified atom stereocenters. The molecule has 2 N–H and O–H groups in total. The number of anilines is 1. The zero-order chi connectivity index (χ0) is 22.4. The first-order valence-electron chi connectivity index (χ1n) is 9.96. The van der Waals surface area contributed by atoms with Crippen LogP contribution in [-0.4, -0.2) is 43.4 Å². The van der Waals surface area contributed by atoms with Gasteiger partial charge in [0.05, 0.1) is 16.0 Å². The Morgan fingerprint density at radius 1 is 1.13 bits per heavy atom. The molecule has 3 rings (SSSR count). The van der Waals surface area contributed by atoms with Gasteiger partial charge in [-0.05, 0) is 90.4 Å². The van der Waals surface area contributed by atoms with E-state index < -0.39 is 10.0 Å². The molecule has 1 heterocycles. The minimum absolute atomic E-state index is 0.113. The SMILES string of the molecule is CCOc1ccc(C(=O)NC(=S)Nc2ccc(S(=O)(=O)N3CCCCC3)cc2)cc1Br. The Morgan fingerprint density at radius 3 is 2.42 bits per heavy atom. The van der Waals surface area contributed by atoms with Crippen LogP contribution in [0.15, 0.2) is 51.8 Å². The lowest BCUT2D eigenvalue weighted by molar-refractivity contribution is 0.0977. The van der Waals surface area contributed by atoms with E-state index in [1.54, 1.807) is 42.5 Å². The van der Waals surface area contributed by atoms with Gasteiger partial charge in [-0.2, -0.15) is 4.31 Å². The highest BCUT2D eigenvalue weighted by molar-refractivity contribution is 9.10. The van der Waals surface area contributed by atoms with Gasteiger partial charge in [0.25, 0.3) is 5.91 Å². The lowest BCUT2D eigenvalue weighted by atomic mass is 10.2. The first-order chi connectivity index (χ1) is 14.8. The highest BCUT2D eigenvalue weighted by Gasteiger charge is 2.25. The summed E-state index contributed by atoms with van der Waals surface area (Å²) in [5.41, 5.74) is 0.998. The molecule has 1 aliphatic heterocycles. The maximum atomic E-state index is 12.7. The van der Waals surface area contributed by atoms with Crippen LogP contribution in [0.25, 0.3) is 0 Å². The fourth-order valence-corrected chi connectivity index (χ4v) is 5.44. The molecule has 0 saturated carbocycles. The molecule has 1 amide bonds. The molecule has 1 fully saturated rings. The second kappa shape index (κ2) is 10.5. The molecular weight excluding hydrogens is 502 g/mol. The third-order valence-electron chi connectivity index (χ3n) is 4.79. The van der Waals surface area contributed by atoms with Crippen molar-refractivity contribution in [3.05, 3.63) is 52.5 Å². The molecule has 0 aromatic heterocycles. The summed E-state index contributed by atoms with van der Waals surface area (Å²) in [6, 6.07) is 11.4. The summed E-state index contributed by atoms with van der Waals surface area (Å²) in [7, 11) is -3.49. The molecular formula is C21H24BrN3O4S2. The molecule has 7 nitrogen and oxygen atoms in total. The molecule has 31 heavy (non-hydrogen) atoms. The number of thiocarbonyl (C=S) groups is 1. The van der Waals surface area contributed by atoms with Crippen LogP contribution in [0, 0.1) is 0 Å². The molecule has 0 atom stereocenters. The van der Waals surface area contributed by atoms with E-state index >= 15 is 0 Å². The summed E-state index contributed by atoms with van der Waals surface area (Å²) in [5, 5.41) is 5.63. The average Bonchev–Trinajstić information content (AvgIpc) is 2.76. The quantitative estimate of drug-likeness (QED) is 0.550. The Balaban J connectivity index is 1.60. The maximum absolute atomic E-state index is 12.7. The number of rotatable bonds is 6. The minimum atomic E-state index is -3.49. The summed E-state index contributed by atoms with van der Waals surface area (Å²) in [4.78, 5) is 12.7. The van der Waals surface area contributed by atoms with E-state index in [-0.39, 0.29) is 15.9 Å². The van der Waals surface area contributed by atoms with Crippen LogP contribution in [0.1, 0.15) is 36.5 Å². The van der Waals surface area contributed by atoms with Crippen LogP contribution in [0.2, 0.25) is 0 Å². The van der Waals surface area contributed by atoms with Gasteiger partial charge in [0, 0.05) is 24.3 Å². The van der Waals surface area contributed by atoms with Crippen molar-refractivity contribution < 1.29 is 17.9 Å². The highest BCUT2D eigenvalue weighted by atomic mass is 79.9. The number of halogens is 1. The van der Waals surface area contributed by atoms with Crippen LogP contribution < -0.4 is 15.4 Å². The lowest BCUT2D eigenvalue weighted by Gasteiger charge is -2.25. The summed E-state index contributed by atoms with van der Waals surface area (Å²) in [6.07, 6.45) is 2.83. The van der Waals surface area contributed by atoms with Gasteiger partial charge >= 0.3 is 0 Å². The predicted octanol–water partition coefficient (Wildman–Crippen LogP) is 4.15. The third-order valence-corrected chi connectivity index (χ3v) is 7.52. The van der Waals surface area contributed by atoms with E-state index in [0.717, 1.165) is 19.3 Å². The summed E-state index contributed by atoms with van der Waals surface area (Å²) >= 11 is 8.60. The van der Waals surface area contributed by atoms with E-state index in [0.29, 0.717) is 41.2 Å². The zero-order valence-corrected chi connectivity index (χ0v) is 20.3. The van der Waals surface area contributed by atoms with Crippen LogP contribution in [0.3, 0.4) is 0 Å². The number of amides is 1. The van der Waals surface area contributed by atoms with E-state index in [4.69, 9.17) is 17.0 Å². The van der Waals surface area contributed by atoms with Crippen LogP contribution in [0.4, 0.5) is 5.69 Å². The minimum Gasteiger partial charge on any atom is -0.493 e. The molecule has 166 valence electrons. The Morgan fingerprint density at radius 2 is 1.81 bits per heavy atom. The van der Waals surface area contributed by atoms with E-state index in [2.05, 4.69) is 26.6 Å². The van der Waals surface area contributed by atoms with E-state index in [1.807, 2.05) is 6.92 Å². The summed E-state index contributed by atoms with van der Waals surface area (Å²) in [5.74, 6) is 0.282. The number of sulfonamides is 1. The van der Waals surface area contributed by atoms with Crippen molar-refractivity contribution in [2.75, 3.05) is 25.0 Å². The third kappa shape index (κ3) is 6.03. The number of carbonyl (C=O) groups is 1. The number of nitrogens with zero attached hydrogens (tertiary/aromatic N) is 1. The molecule has 2 aromatic carbocycles. The Labute approximate surface area is 196 Å². The standard InChI is InChI=1S/C21H24BrN3O4S2/c1-2-29-19-11-6-15(14-18(19)22)20(26)24-21(30)23-16-7-9-17(10-8-16)31(27,28)25-12-4-3-5-13-25/h6-11,14H,2-5,12-13H2,1H3,(H2,23,24,26,30). The van der Waals surface area contributed by atoms with Crippen molar-refractivity contribution >= 4 is 54.9 Å². The van der Waals surface area contributed by atoms with Gasteiger partial charge in [-0.15, -0.1) is 0 Å². The maximum Gasteiger partial charge on any atom is 0.257 e.